The summed E-state index contributed by atoms with van der Waals surface area (Å²) in [6, 6.07) is -1.46. The number of H-pyrrole nitrogens is 1. The second kappa shape index (κ2) is 7.39. The van der Waals surface area contributed by atoms with Crippen molar-refractivity contribution in [1.29, 1.82) is 0 Å². The van der Waals surface area contributed by atoms with E-state index in [0.29, 0.717) is 18.7 Å². The molecule has 9 heteroatoms. The first-order valence-corrected chi connectivity index (χ1v) is 9.47. The zero-order chi connectivity index (χ0) is 20.5. The third kappa shape index (κ3) is 4.25. The fourth-order valence-corrected chi connectivity index (χ4v) is 5.01. The van der Waals surface area contributed by atoms with Crippen molar-refractivity contribution in [3.05, 3.63) is 17.7 Å². The second-order valence-corrected chi connectivity index (χ2v) is 9.13. The van der Waals surface area contributed by atoms with Gasteiger partial charge in [-0.05, 0) is 30.1 Å². The lowest BCUT2D eigenvalue weighted by Gasteiger charge is -2.46. The van der Waals surface area contributed by atoms with Crippen molar-refractivity contribution in [2.75, 3.05) is 6.54 Å². The summed E-state index contributed by atoms with van der Waals surface area (Å²) in [7, 11) is 0. The third-order valence-corrected chi connectivity index (χ3v) is 5.74. The van der Waals surface area contributed by atoms with Crippen molar-refractivity contribution in [3.63, 3.8) is 0 Å². The zero-order valence-corrected chi connectivity index (χ0v) is 16.5. The van der Waals surface area contributed by atoms with Crippen LogP contribution >= 0.6 is 0 Å². The van der Waals surface area contributed by atoms with E-state index in [4.69, 9.17) is 0 Å². The van der Waals surface area contributed by atoms with Gasteiger partial charge in [0.1, 0.15) is 6.04 Å². The summed E-state index contributed by atoms with van der Waals surface area (Å²) >= 11 is 0. The van der Waals surface area contributed by atoms with Crippen LogP contribution in [0.4, 0.5) is 4.79 Å². The van der Waals surface area contributed by atoms with Crippen LogP contribution < -0.4 is 5.32 Å². The fourth-order valence-electron chi connectivity index (χ4n) is 5.01. The van der Waals surface area contributed by atoms with E-state index in [1.807, 2.05) is 0 Å². The van der Waals surface area contributed by atoms with Crippen LogP contribution in [0.15, 0.2) is 11.3 Å². The number of urea groups is 1. The Hall–Kier alpha value is -2.67. The van der Waals surface area contributed by atoms with Crippen molar-refractivity contribution in [2.24, 2.45) is 15.8 Å². The molecular formula is C19H27N5O4. The molecule has 152 valence electrons. The molecule has 0 saturated heterocycles. The minimum absolute atomic E-state index is 0.0337. The van der Waals surface area contributed by atoms with Crippen molar-refractivity contribution < 1.29 is 19.5 Å². The average Bonchev–Trinajstić information content (AvgIpc) is 3.04. The number of amides is 2. The van der Waals surface area contributed by atoms with Crippen LogP contribution in [-0.2, 0) is 22.6 Å². The molecule has 1 aliphatic heterocycles. The molecular weight excluding hydrogens is 362 g/mol. The van der Waals surface area contributed by atoms with E-state index in [1.165, 1.54) is 11.2 Å². The first kappa shape index (κ1) is 20.1. The Balaban J connectivity index is 1.75. The summed E-state index contributed by atoms with van der Waals surface area (Å²) < 4.78 is 0. The second-order valence-electron chi connectivity index (χ2n) is 9.13. The van der Waals surface area contributed by atoms with E-state index in [2.05, 4.69) is 41.0 Å². The van der Waals surface area contributed by atoms with E-state index in [0.717, 1.165) is 18.5 Å². The van der Waals surface area contributed by atoms with Gasteiger partial charge < -0.3 is 20.3 Å². The van der Waals surface area contributed by atoms with Gasteiger partial charge in [0.25, 0.3) is 0 Å². The molecule has 3 N–H and O–H groups in total. The first-order valence-electron chi connectivity index (χ1n) is 9.47. The van der Waals surface area contributed by atoms with Gasteiger partial charge in [0.05, 0.1) is 30.8 Å². The van der Waals surface area contributed by atoms with Crippen LogP contribution in [-0.4, -0.2) is 56.7 Å². The highest BCUT2D eigenvalue weighted by atomic mass is 16.4. The number of hydrogen-bond donors (Lipinski definition) is 3. The fraction of sp³-hybridized carbons (Fsp3) is 0.684. The largest absolute Gasteiger partial charge is 0.480 e. The number of nitrogens with zero attached hydrogens (tertiary/aromatic N) is 3. The summed E-state index contributed by atoms with van der Waals surface area (Å²) in [5, 5.41) is 12.6. The van der Waals surface area contributed by atoms with Gasteiger partial charge in [-0.3, -0.25) is 0 Å². The normalized spacial score (nSPS) is 28.8. The van der Waals surface area contributed by atoms with Gasteiger partial charge >= 0.3 is 12.0 Å². The Morgan fingerprint density at radius 2 is 2.18 bits per heavy atom. The van der Waals surface area contributed by atoms with Crippen molar-refractivity contribution >= 4 is 18.1 Å². The van der Waals surface area contributed by atoms with E-state index < -0.39 is 18.0 Å². The van der Waals surface area contributed by atoms with Crippen LogP contribution in [0.25, 0.3) is 0 Å². The highest BCUT2D eigenvalue weighted by Gasteiger charge is 2.43. The number of aliphatic carboxylic acids is 1. The molecule has 1 saturated carbocycles. The number of fused-ring (bicyclic) bond motifs is 1. The van der Waals surface area contributed by atoms with Gasteiger partial charge in [0.2, 0.25) is 6.08 Å². The molecule has 2 aliphatic rings. The quantitative estimate of drug-likeness (QED) is 0.535. The standard InChI is InChI=1S/C19H27N5O4/c1-18(2)5-12(6-19(3,8-18)9-20-11-25)23-17(28)24-7-14-13(21-10-22-14)4-15(24)16(26)27/h10,12,15H,4-9H2,1-3H3,(H,21,22)(H,23,28)(H,26,27). The van der Waals surface area contributed by atoms with Gasteiger partial charge in [-0.2, -0.15) is 0 Å². The molecule has 9 nitrogen and oxygen atoms in total. The zero-order valence-electron chi connectivity index (χ0n) is 16.5. The van der Waals surface area contributed by atoms with Crippen molar-refractivity contribution in [2.45, 2.75) is 65.1 Å². The maximum Gasteiger partial charge on any atom is 0.326 e. The maximum atomic E-state index is 13.0. The molecule has 1 fully saturated rings. The molecule has 1 aromatic heterocycles. The number of carbonyl (C=O) groups is 2. The lowest BCUT2D eigenvalue weighted by Crippen LogP contribution is -2.56. The number of nitrogens with one attached hydrogen (secondary N) is 2. The van der Waals surface area contributed by atoms with Crippen molar-refractivity contribution in [3.8, 4) is 0 Å². The molecule has 1 aliphatic carbocycles. The number of isocyanates is 1. The minimum Gasteiger partial charge on any atom is -0.480 e. The van der Waals surface area contributed by atoms with Crippen molar-refractivity contribution in [1.82, 2.24) is 20.2 Å². The van der Waals surface area contributed by atoms with E-state index >= 15 is 0 Å². The van der Waals surface area contributed by atoms with E-state index in [9.17, 15) is 19.5 Å². The molecule has 0 bridgehead atoms. The Kier molecular flexibility index (Phi) is 5.30. The van der Waals surface area contributed by atoms with Crippen LogP contribution in [0.1, 0.15) is 51.4 Å². The third-order valence-electron chi connectivity index (χ3n) is 5.74. The Morgan fingerprint density at radius 1 is 1.43 bits per heavy atom. The lowest BCUT2D eigenvalue weighted by molar-refractivity contribution is -0.142. The number of aromatic nitrogens is 2. The summed E-state index contributed by atoms with van der Waals surface area (Å²) in [6.45, 7) is 6.87. The smallest absolute Gasteiger partial charge is 0.326 e. The molecule has 2 heterocycles. The predicted molar refractivity (Wildman–Crippen MR) is 100 cm³/mol. The molecule has 3 rings (SSSR count). The van der Waals surface area contributed by atoms with Crippen LogP contribution in [0.3, 0.4) is 0 Å². The SMILES string of the molecule is CC1(C)CC(NC(=O)N2Cc3[nH]cnc3CC2C(=O)O)CC(C)(CN=C=O)C1. The number of imidazole rings is 1. The number of hydrogen-bond acceptors (Lipinski definition) is 5. The predicted octanol–water partition coefficient (Wildman–Crippen LogP) is 1.85. The number of carbonyl (C=O) groups excluding carboxylic acids is 2. The molecule has 0 spiro atoms. The van der Waals surface area contributed by atoms with Crippen LogP contribution in [0.2, 0.25) is 0 Å². The van der Waals surface area contributed by atoms with Crippen LogP contribution in [0.5, 0.6) is 0 Å². The monoisotopic (exact) mass is 389 g/mol. The average molecular weight is 389 g/mol. The van der Waals surface area contributed by atoms with Gasteiger partial charge in [-0.15, -0.1) is 0 Å². The summed E-state index contributed by atoms with van der Waals surface area (Å²) in [4.78, 5) is 47.5. The highest BCUT2D eigenvalue weighted by Crippen LogP contribution is 2.46. The molecule has 0 radical (unpaired) electrons. The lowest BCUT2D eigenvalue weighted by atomic mass is 9.62. The Morgan fingerprint density at radius 3 is 2.86 bits per heavy atom. The number of aliphatic imine (C=N–C) groups is 1. The number of aromatic amines is 1. The molecule has 28 heavy (non-hydrogen) atoms. The van der Waals surface area contributed by atoms with Gasteiger partial charge in [-0.25, -0.2) is 24.4 Å². The summed E-state index contributed by atoms with van der Waals surface area (Å²) in [6.07, 6.45) is 5.65. The molecule has 3 unspecified atom stereocenters. The minimum atomic E-state index is -1.04. The molecule has 0 aromatic carbocycles. The Labute approximate surface area is 163 Å². The summed E-state index contributed by atoms with van der Waals surface area (Å²) in [5.74, 6) is -1.04. The highest BCUT2D eigenvalue weighted by molar-refractivity contribution is 5.83. The molecule has 3 atom stereocenters. The molecule has 2 amide bonds. The number of carboxylic acid groups (broad SMARTS) is 1. The molecule has 1 aromatic rings. The maximum absolute atomic E-state index is 13.0. The first-order chi connectivity index (χ1) is 13.1. The summed E-state index contributed by atoms with van der Waals surface area (Å²) in [5.41, 5.74) is 1.20. The topological polar surface area (TPSA) is 128 Å². The number of carboxylic acids is 1. The van der Waals surface area contributed by atoms with Crippen LogP contribution in [0, 0.1) is 10.8 Å². The van der Waals surface area contributed by atoms with E-state index in [-0.39, 0.29) is 29.8 Å². The Bertz CT molecular complexity index is 813. The van der Waals surface area contributed by atoms with Gasteiger partial charge in [0, 0.05) is 12.5 Å². The van der Waals surface area contributed by atoms with Gasteiger partial charge in [-0.1, -0.05) is 20.8 Å². The number of rotatable bonds is 4. The van der Waals surface area contributed by atoms with E-state index in [1.54, 1.807) is 6.08 Å². The van der Waals surface area contributed by atoms with Gasteiger partial charge in [0.15, 0.2) is 0 Å².